The lowest BCUT2D eigenvalue weighted by molar-refractivity contribution is -0.118. The van der Waals surface area contributed by atoms with E-state index < -0.39 is 28.0 Å². The number of sulfone groups is 1. The average Bonchev–Trinajstić information content (AvgIpc) is 2.85. The maximum Gasteiger partial charge on any atom is 0.315 e. The number of carbonyl (C=O) groups excluding carboxylic acids is 2. The fraction of sp³-hybridized carbons (Fsp3) is 0.529. The van der Waals surface area contributed by atoms with Crippen LogP contribution in [0.15, 0.2) is 30.3 Å². The Morgan fingerprint density at radius 1 is 1.20 bits per heavy atom. The summed E-state index contributed by atoms with van der Waals surface area (Å²) in [5, 5.41) is 8.10. The van der Waals surface area contributed by atoms with Crippen LogP contribution in [0.5, 0.6) is 0 Å². The second-order valence-electron chi connectivity index (χ2n) is 6.76. The van der Waals surface area contributed by atoms with Crippen LogP contribution in [0.4, 0.5) is 10.5 Å². The van der Waals surface area contributed by atoms with E-state index in [4.69, 9.17) is 0 Å². The Bertz CT molecular complexity index is 704. The van der Waals surface area contributed by atoms with Gasteiger partial charge in [0.05, 0.1) is 11.5 Å². The largest absolute Gasteiger partial charge is 0.334 e. The molecule has 1 saturated heterocycles. The van der Waals surface area contributed by atoms with Gasteiger partial charge in [-0.1, -0.05) is 32.0 Å². The van der Waals surface area contributed by atoms with Crippen LogP contribution < -0.4 is 16.0 Å². The molecule has 0 aromatic heterocycles. The van der Waals surface area contributed by atoms with Crippen LogP contribution in [0, 0.1) is 5.92 Å². The summed E-state index contributed by atoms with van der Waals surface area (Å²) in [7, 11) is -3.07. The molecular weight excluding hydrogens is 342 g/mol. The van der Waals surface area contributed by atoms with Crippen LogP contribution >= 0.6 is 0 Å². The molecule has 0 radical (unpaired) electrons. The molecule has 1 heterocycles. The molecule has 1 aromatic rings. The summed E-state index contributed by atoms with van der Waals surface area (Å²) in [6, 6.07) is 7.40. The van der Waals surface area contributed by atoms with Crippen LogP contribution in [0.1, 0.15) is 26.7 Å². The first-order valence-electron chi connectivity index (χ1n) is 8.38. The van der Waals surface area contributed by atoms with Crippen LogP contribution in [-0.4, -0.2) is 43.9 Å². The lowest BCUT2D eigenvalue weighted by Gasteiger charge is -2.21. The van der Waals surface area contributed by atoms with Crippen molar-refractivity contribution in [3.05, 3.63) is 30.3 Å². The van der Waals surface area contributed by atoms with Crippen molar-refractivity contribution in [1.29, 1.82) is 0 Å². The van der Waals surface area contributed by atoms with Gasteiger partial charge >= 0.3 is 6.03 Å². The van der Waals surface area contributed by atoms with E-state index in [0.29, 0.717) is 18.5 Å². The fourth-order valence-corrected chi connectivity index (χ4v) is 4.42. The number of hydrogen-bond donors (Lipinski definition) is 3. The van der Waals surface area contributed by atoms with Crippen molar-refractivity contribution in [3.8, 4) is 0 Å². The molecule has 0 aliphatic carbocycles. The molecule has 1 fully saturated rings. The van der Waals surface area contributed by atoms with Gasteiger partial charge in [-0.05, 0) is 30.9 Å². The van der Waals surface area contributed by atoms with Gasteiger partial charge in [0.25, 0.3) is 0 Å². The lowest BCUT2D eigenvalue weighted by atomic mass is 10.0. The third-order valence-electron chi connectivity index (χ3n) is 3.94. The molecule has 25 heavy (non-hydrogen) atoms. The number of amides is 3. The number of benzene rings is 1. The monoisotopic (exact) mass is 367 g/mol. The number of rotatable bonds is 6. The van der Waals surface area contributed by atoms with E-state index in [9.17, 15) is 18.0 Å². The predicted octanol–water partition coefficient (Wildman–Crippen LogP) is 1.53. The van der Waals surface area contributed by atoms with Crippen LogP contribution in [-0.2, 0) is 14.6 Å². The lowest BCUT2D eigenvalue weighted by Crippen LogP contribution is -2.51. The van der Waals surface area contributed by atoms with Crippen molar-refractivity contribution < 1.29 is 18.0 Å². The number of urea groups is 1. The Morgan fingerprint density at radius 3 is 2.44 bits per heavy atom. The van der Waals surface area contributed by atoms with E-state index in [-0.39, 0.29) is 23.3 Å². The Kier molecular flexibility index (Phi) is 6.41. The van der Waals surface area contributed by atoms with Gasteiger partial charge in [-0.15, -0.1) is 0 Å². The van der Waals surface area contributed by atoms with Gasteiger partial charge in [-0.25, -0.2) is 13.2 Å². The summed E-state index contributed by atoms with van der Waals surface area (Å²) in [6.45, 7) is 3.93. The van der Waals surface area contributed by atoms with E-state index in [0.717, 1.165) is 0 Å². The van der Waals surface area contributed by atoms with Crippen molar-refractivity contribution in [2.24, 2.45) is 5.92 Å². The van der Waals surface area contributed by atoms with Crippen LogP contribution in [0.3, 0.4) is 0 Å². The van der Waals surface area contributed by atoms with Crippen molar-refractivity contribution in [1.82, 2.24) is 10.6 Å². The molecule has 0 unspecified atom stereocenters. The van der Waals surface area contributed by atoms with Gasteiger partial charge in [-0.3, -0.25) is 4.79 Å². The third-order valence-corrected chi connectivity index (χ3v) is 5.71. The quantitative estimate of drug-likeness (QED) is 0.709. The minimum absolute atomic E-state index is 0.0501. The zero-order valence-corrected chi connectivity index (χ0v) is 15.3. The number of anilines is 1. The van der Waals surface area contributed by atoms with E-state index in [2.05, 4.69) is 16.0 Å². The first-order chi connectivity index (χ1) is 11.7. The van der Waals surface area contributed by atoms with Gasteiger partial charge in [0.15, 0.2) is 9.84 Å². The molecular formula is C17H25N3O4S. The average molecular weight is 367 g/mol. The SMILES string of the molecule is CC(C)C[C@H](NC(=O)N[C@@H]1CCS(=O)(=O)C1)C(=O)Nc1ccccc1. The van der Waals surface area contributed by atoms with Gasteiger partial charge in [0, 0.05) is 11.7 Å². The molecule has 2 rings (SSSR count). The fourth-order valence-electron chi connectivity index (χ4n) is 2.75. The number of nitrogens with one attached hydrogen (secondary N) is 3. The summed E-state index contributed by atoms with van der Waals surface area (Å²) in [4.78, 5) is 24.6. The Morgan fingerprint density at radius 2 is 1.88 bits per heavy atom. The van der Waals surface area contributed by atoms with Gasteiger partial charge in [0.1, 0.15) is 6.04 Å². The molecule has 0 saturated carbocycles. The molecule has 1 aliphatic heterocycles. The smallest absolute Gasteiger partial charge is 0.315 e. The highest BCUT2D eigenvalue weighted by Crippen LogP contribution is 2.12. The molecule has 138 valence electrons. The molecule has 1 aliphatic rings. The minimum Gasteiger partial charge on any atom is -0.334 e. The highest BCUT2D eigenvalue weighted by Gasteiger charge is 2.30. The zero-order valence-electron chi connectivity index (χ0n) is 14.5. The second-order valence-corrected chi connectivity index (χ2v) is 8.98. The van der Waals surface area contributed by atoms with E-state index in [1.807, 2.05) is 32.0 Å². The number of hydrogen-bond acceptors (Lipinski definition) is 4. The molecule has 0 bridgehead atoms. The highest BCUT2D eigenvalue weighted by molar-refractivity contribution is 7.91. The topological polar surface area (TPSA) is 104 Å². The first kappa shape index (κ1) is 19.2. The molecule has 2 atom stereocenters. The molecule has 3 amide bonds. The second kappa shape index (κ2) is 8.33. The summed E-state index contributed by atoms with van der Waals surface area (Å²) >= 11 is 0. The normalized spacial score (nSPS) is 20.0. The summed E-state index contributed by atoms with van der Waals surface area (Å²) in [5.74, 6) is -0.0550. The standard InChI is InChI=1S/C17H25N3O4S/c1-12(2)10-15(16(21)18-13-6-4-3-5-7-13)20-17(22)19-14-8-9-25(23,24)11-14/h3-7,12,14-15H,8-11H2,1-2H3,(H,18,21)(H2,19,20,22)/t14-,15+/m1/s1. The number of carbonyl (C=O) groups is 2. The third kappa shape index (κ3) is 6.38. The zero-order chi connectivity index (χ0) is 18.4. The molecule has 3 N–H and O–H groups in total. The van der Waals surface area contributed by atoms with Gasteiger partial charge in [0.2, 0.25) is 5.91 Å². The predicted molar refractivity (Wildman–Crippen MR) is 97.0 cm³/mol. The Labute approximate surface area is 148 Å². The van der Waals surface area contributed by atoms with Gasteiger partial charge in [-0.2, -0.15) is 0 Å². The van der Waals surface area contributed by atoms with Crippen molar-refractivity contribution in [2.45, 2.75) is 38.8 Å². The Balaban J connectivity index is 1.94. The van der Waals surface area contributed by atoms with Crippen molar-refractivity contribution in [3.63, 3.8) is 0 Å². The maximum absolute atomic E-state index is 12.5. The van der Waals surface area contributed by atoms with Crippen LogP contribution in [0.2, 0.25) is 0 Å². The molecule has 8 heteroatoms. The maximum atomic E-state index is 12.5. The van der Waals surface area contributed by atoms with Crippen molar-refractivity contribution in [2.75, 3.05) is 16.8 Å². The van der Waals surface area contributed by atoms with E-state index in [1.54, 1.807) is 12.1 Å². The molecule has 7 nitrogen and oxygen atoms in total. The number of para-hydroxylation sites is 1. The summed E-state index contributed by atoms with van der Waals surface area (Å²) in [6.07, 6.45) is 0.885. The Hall–Kier alpha value is -2.09. The highest BCUT2D eigenvalue weighted by atomic mass is 32.2. The van der Waals surface area contributed by atoms with Crippen molar-refractivity contribution >= 4 is 27.5 Å². The van der Waals surface area contributed by atoms with Crippen LogP contribution in [0.25, 0.3) is 0 Å². The summed E-state index contributed by atoms with van der Waals surface area (Å²) < 4.78 is 22.9. The molecule has 1 aromatic carbocycles. The first-order valence-corrected chi connectivity index (χ1v) is 10.2. The van der Waals surface area contributed by atoms with Gasteiger partial charge < -0.3 is 16.0 Å². The van der Waals surface area contributed by atoms with E-state index in [1.165, 1.54) is 0 Å². The minimum atomic E-state index is -3.07. The summed E-state index contributed by atoms with van der Waals surface area (Å²) in [5.41, 5.74) is 0.658. The molecule has 0 spiro atoms. The van der Waals surface area contributed by atoms with E-state index >= 15 is 0 Å².